The summed E-state index contributed by atoms with van der Waals surface area (Å²) in [6, 6.07) is 3.62. The van der Waals surface area contributed by atoms with Gasteiger partial charge in [0, 0.05) is 24.7 Å². The van der Waals surface area contributed by atoms with Crippen LogP contribution >= 0.6 is 11.6 Å². The standard InChI is InChI=1S/C12H13ClN4O/c13-5-1-2-12(18)16-10-3-4-11(15-8-10)17-7-6-14-9-17/h3-4,6-9H,1-2,5H2,(H,16,18). The van der Waals surface area contributed by atoms with E-state index in [1.54, 1.807) is 35.6 Å². The number of carbonyl (C=O) groups is 1. The van der Waals surface area contributed by atoms with Gasteiger partial charge in [0.05, 0.1) is 11.9 Å². The van der Waals surface area contributed by atoms with E-state index in [0.29, 0.717) is 24.4 Å². The number of pyridine rings is 1. The summed E-state index contributed by atoms with van der Waals surface area (Å²) in [5.41, 5.74) is 0.679. The van der Waals surface area contributed by atoms with E-state index in [4.69, 9.17) is 11.6 Å². The molecule has 0 aliphatic heterocycles. The van der Waals surface area contributed by atoms with Gasteiger partial charge >= 0.3 is 0 Å². The molecule has 18 heavy (non-hydrogen) atoms. The van der Waals surface area contributed by atoms with Crippen molar-refractivity contribution in [2.24, 2.45) is 0 Å². The van der Waals surface area contributed by atoms with Crippen molar-refractivity contribution in [3.05, 3.63) is 37.1 Å². The number of hydrogen-bond acceptors (Lipinski definition) is 3. The van der Waals surface area contributed by atoms with Gasteiger partial charge in [-0.25, -0.2) is 9.97 Å². The van der Waals surface area contributed by atoms with Crippen LogP contribution in [0.4, 0.5) is 5.69 Å². The molecule has 1 N–H and O–H groups in total. The molecule has 0 aromatic carbocycles. The summed E-state index contributed by atoms with van der Waals surface area (Å²) in [5.74, 6) is 1.20. The Morgan fingerprint density at radius 1 is 1.44 bits per heavy atom. The molecule has 2 aromatic heterocycles. The number of nitrogens with zero attached hydrogens (tertiary/aromatic N) is 3. The highest BCUT2D eigenvalue weighted by molar-refractivity contribution is 6.18. The number of imidazole rings is 1. The van der Waals surface area contributed by atoms with Gasteiger partial charge in [-0.3, -0.25) is 9.36 Å². The van der Waals surface area contributed by atoms with Crippen LogP contribution in [0, 0.1) is 0 Å². The number of hydrogen-bond donors (Lipinski definition) is 1. The maximum Gasteiger partial charge on any atom is 0.224 e. The molecular weight excluding hydrogens is 252 g/mol. The summed E-state index contributed by atoms with van der Waals surface area (Å²) in [6.07, 6.45) is 7.88. The lowest BCUT2D eigenvalue weighted by molar-refractivity contribution is -0.116. The maximum atomic E-state index is 11.5. The van der Waals surface area contributed by atoms with Crippen LogP contribution in [0.5, 0.6) is 0 Å². The Morgan fingerprint density at radius 3 is 2.94 bits per heavy atom. The van der Waals surface area contributed by atoms with Gasteiger partial charge in [0.1, 0.15) is 12.1 Å². The zero-order valence-electron chi connectivity index (χ0n) is 9.71. The fourth-order valence-electron chi connectivity index (χ4n) is 1.46. The van der Waals surface area contributed by atoms with Crippen LogP contribution in [0.1, 0.15) is 12.8 Å². The minimum Gasteiger partial charge on any atom is -0.325 e. The molecule has 94 valence electrons. The van der Waals surface area contributed by atoms with E-state index in [0.717, 1.165) is 5.82 Å². The van der Waals surface area contributed by atoms with Gasteiger partial charge in [0.25, 0.3) is 0 Å². The van der Waals surface area contributed by atoms with E-state index in [9.17, 15) is 4.79 Å². The number of anilines is 1. The summed E-state index contributed by atoms with van der Waals surface area (Å²) < 4.78 is 1.79. The molecular formula is C12H13ClN4O. The Hall–Kier alpha value is -1.88. The minimum atomic E-state index is -0.0483. The molecule has 0 bridgehead atoms. The molecule has 0 fully saturated rings. The highest BCUT2D eigenvalue weighted by Crippen LogP contribution is 2.10. The van der Waals surface area contributed by atoms with Crippen molar-refractivity contribution in [1.82, 2.24) is 14.5 Å². The molecule has 2 heterocycles. The highest BCUT2D eigenvalue weighted by Gasteiger charge is 2.03. The summed E-state index contributed by atoms with van der Waals surface area (Å²) >= 11 is 5.53. The molecule has 5 nitrogen and oxygen atoms in total. The zero-order chi connectivity index (χ0) is 12.8. The van der Waals surface area contributed by atoms with Crippen LogP contribution in [0.15, 0.2) is 37.1 Å². The lowest BCUT2D eigenvalue weighted by Crippen LogP contribution is -2.11. The zero-order valence-corrected chi connectivity index (χ0v) is 10.5. The fraction of sp³-hybridized carbons (Fsp3) is 0.250. The lowest BCUT2D eigenvalue weighted by Gasteiger charge is -2.05. The van der Waals surface area contributed by atoms with E-state index in [1.165, 1.54) is 0 Å². The third kappa shape index (κ3) is 3.30. The Kier molecular flexibility index (Phi) is 4.30. The normalized spacial score (nSPS) is 10.3. The van der Waals surface area contributed by atoms with Crippen molar-refractivity contribution < 1.29 is 4.79 Å². The second-order valence-corrected chi connectivity index (χ2v) is 4.09. The number of carbonyl (C=O) groups excluding carboxylic acids is 1. The molecule has 0 radical (unpaired) electrons. The third-order valence-electron chi connectivity index (χ3n) is 2.34. The van der Waals surface area contributed by atoms with Gasteiger partial charge in [-0.15, -0.1) is 11.6 Å². The quantitative estimate of drug-likeness (QED) is 0.843. The Morgan fingerprint density at radius 2 is 2.33 bits per heavy atom. The first-order chi connectivity index (χ1) is 8.79. The van der Waals surface area contributed by atoms with E-state index < -0.39 is 0 Å². The van der Waals surface area contributed by atoms with Gasteiger partial charge < -0.3 is 5.32 Å². The molecule has 0 saturated carbocycles. The average molecular weight is 265 g/mol. The van der Waals surface area contributed by atoms with Crippen LogP contribution in [-0.2, 0) is 4.79 Å². The van der Waals surface area contributed by atoms with E-state index >= 15 is 0 Å². The maximum absolute atomic E-state index is 11.5. The first-order valence-electron chi connectivity index (χ1n) is 5.60. The third-order valence-corrected chi connectivity index (χ3v) is 2.61. The van der Waals surface area contributed by atoms with Crippen molar-refractivity contribution in [2.45, 2.75) is 12.8 Å². The summed E-state index contributed by atoms with van der Waals surface area (Å²) in [4.78, 5) is 19.7. The Bertz CT molecular complexity index is 495. The molecule has 6 heteroatoms. The molecule has 0 saturated heterocycles. The summed E-state index contributed by atoms with van der Waals surface area (Å²) in [6.45, 7) is 0. The average Bonchev–Trinajstić information content (AvgIpc) is 2.91. The topological polar surface area (TPSA) is 59.8 Å². The highest BCUT2D eigenvalue weighted by atomic mass is 35.5. The molecule has 1 amide bonds. The first-order valence-corrected chi connectivity index (χ1v) is 6.13. The number of amides is 1. The van der Waals surface area contributed by atoms with Gasteiger partial charge in [0.15, 0.2) is 0 Å². The van der Waals surface area contributed by atoms with Gasteiger partial charge in [-0.2, -0.15) is 0 Å². The fourth-order valence-corrected chi connectivity index (χ4v) is 1.59. The van der Waals surface area contributed by atoms with Crippen molar-refractivity contribution >= 4 is 23.2 Å². The number of alkyl halides is 1. The summed E-state index contributed by atoms with van der Waals surface area (Å²) in [5, 5.41) is 2.76. The van der Waals surface area contributed by atoms with Crippen LogP contribution in [0.2, 0.25) is 0 Å². The number of rotatable bonds is 5. The molecule has 0 spiro atoms. The first kappa shape index (κ1) is 12.6. The van der Waals surface area contributed by atoms with E-state index in [2.05, 4.69) is 15.3 Å². The van der Waals surface area contributed by atoms with Gasteiger partial charge in [0.2, 0.25) is 5.91 Å². The minimum absolute atomic E-state index is 0.0483. The predicted molar refractivity (Wildman–Crippen MR) is 69.9 cm³/mol. The molecule has 0 aliphatic carbocycles. The largest absolute Gasteiger partial charge is 0.325 e. The Labute approximate surface area is 110 Å². The second-order valence-electron chi connectivity index (χ2n) is 3.72. The van der Waals surface area contributed by atoms with Crippen LogP contribution in [-0.4, -0.2) is 26.3 Å². The lowest BCUT2D eigenvalue weighted by atomic mass is 10.3. The SMILES string of the molecule is O=C(CCCCl)Nc1ccc(-n2ccnc2)nc1. The molecule has 0 atom stereocenters. The van der Waals surface area contributed by atoms with Gasteiger partial charge in [-0.1, -0.05) is 0 Å². The smallest absolute Gasteiger partial charge is 0.224 e. The van der Waals surface area contributed by atoms with E-state index in [-0.39, 0.29) is 5.91 Å². The number of nitrogens with one attached hydrogen (secondary N) is 1. The van der Waals surface area contributed by atoms with Crippen molar-refractivity contribution in [1.29, 1.82) is 0 Å². The van der Waals surface area contributed by atoms with Crippen LogP contribution in [0.25, 0.3) is 5.82 Å². The molecule has 0 unspecified atom stereocenters. The summed E-state index contributed by atoms with van der Waals surface area (Å²) in [7, 11) is 0. The van der Waals surface area contributed by atoms with Gasteiger partial charge in [-0.05, 0) is 18.6 Å². The second kappa shape index (κ2) is 6.16. The molecule has 2 rings (SSSR count). The number of aromatic nitrogens is 3. The molecule has 2 aromatic rings. The monoisotopic (exact) mass is 264 g/mol. The van der Waals surface area contributed by atoms with Crippen LogP contribution < -0.4 is 5.32 Å². The Balaban J connectivity index is 1.98. The van der Waals surface area contributed by atoms with Crippen molar-refractivity contribution in [3.8, 4) is 5.82 Å². The molecule has 0 aliphatic rings. The number of halogens is 1. The van der Waals surface area contributed by atoms with E-state index in [1.807, 2.05) is 6.07 Å². The van der Waals surface area contributed by atoms with Crippen molar-refractivity contribution in [2.75, 3.05) is 11.2 Å². The van der Waals surface area contributed by atoms with Crippen molar-refractivity contribution in [3.63, 3.8) is 0 Å². The van der Waals surface area contributed by atoms with Crippen LogP contribution in [0.3, 0.4) is 0 Å². The predicted octanol–water partition coefficient (Wildman–Crippen LogP) is 2.22.